The highest BCUT2D eigenvalue weighted by Gasteiger charge is 2.02. The van der Waals surface area contributed by atoms with Crippen LogP contribution in [-0.4, -0.2) is 16.3 Å². The van der Waals surface area contributed by atoms with Crippen LogP contribution in [-0.2, 0) is 5.75 Å². The molecule has 0 aliphatic rings. The summed E-state index contributed by atoms with van der Waals surface area (Å²) in [6, 6.07) is 8.00. The zero-order chi connectivity index (χ0) is 12.1. The van der Waals surface area contributed by atoms with Crippen LogP contribution in [0, 0.1) is 0 Å². The molecule has 0 bridgehead atoms. The van der Waals surface area contributed by atoms with E-state index in [4.69, 9.17) is 0 Å². The van der Waals surface area contributed by atoms with Crippen LogP contribution in [0.5, 0.6) is 0 Å². The van der Waals surface area contributed by atoms with E-state index in [0.29, 0.717) is 11.3 Å². The van der Waals surface area contributed by atoms with Gasteiger partial charge in [0, 0.05) is 21.8 Å². The topological polar surface area (TPSA) is 42.9 Å². The SMILES string of the molecule is O=Cc1cnc(CSc2ccccc2Br)nc1. The molecule has 3 nitrogen and oxygen atoms in total. The normalized spacial score (nSPS) is 10.2. The van der Waals surface area contributed by atoms with Crippen molar-refractivity contribution in [2.24, 2.45) is 0 Å². The molecule has 0 aliphatic heterocycles. The van der Waals surface area contributed by atoms with Crippen molar-refractivity contribution in [3.05, 3.63) is 52.5 Å². The monoisotopic (exact) mass is 308 g/mol. The number of thioether (sulfide) groups is 1. The molecule has 0 saturated carbocycles. The van der Waals surface area contributed by atoms with Gasteiger partial charge in [-0.1, -0.05) is 12.1 Å². The van der Waals surface area contributed by atoms with E-state index in [1.54, 1.807) is 11.8 Å². The summed E-state index contributed by atoms with van der Waals surface area (Å²) in [5.41, 5.74) is 0.500. The van der Waals surface area contributed by atoms with Gasteiger partial charge in [-0.25, -0.2) is 9.97 Å². The van der Waals surface area contributed by atoms with E-state index < -0.39 is 0 Å². The Labute approximate surface area is 112 Å². The highest BCUT2D eigenvalue weighted by molar-refractivity contribution is 9.10. The summed E-state index contributed by atoms with van der Waals surface area (Å²) < 4.78 is 1.06. The average molecular weight is 309 g/mol. The molecule has 86 valence electrons. The van der Waals surface area contributed by atoms with Crippen molar-refractivity contribution in [1.82, 2.24) is 9.97 Å². The fourth-order valence-corrected chi connectivity index (χ4v) is 2.65. The largest absolute Gasteiger partial charge is 0.298 e. The summed E-state index contributed by atoms with van der Waals surface area (Å²) in [6.07, 6.45) is 3.82. The Kier molecular flexibility index (Phi) is 4.28. The number of carbonyl (C=O) groups excluding carboxylic acids is 1. The van der Waals surface area contributed by atoms with Gasteiger partial charge < -0.3 is 0 Å². The minimum atomic E-state index is 0.500. The predicted octanol–water partition coefficient (Wildman–Crippen LogP) is 3.34. The zero-order valence-corrected chi connectivity index (χ0v) is 11.2. The Morgan fingerprint density at radius 3 is 2.59 bits per heavy atom. The number of benzene rings is 1. The molecule has 0 fully saturated rings. The lowest BCUT2D eigenvalue weighted by Gasteiger charge is -2.02. The van der Waals surface area contributed by atoms with Gasteiger partial charge in [0.1, 0.15) is 5.82 Å². The number of aromatic nitrogens is 2. The molecule has 0 saturated heterocycles. The smallest absolute Gasteiger partial charge is 0.153 e. The number of hydrogen-bond acceptors (Lipinski definition) is 4. The molecule has 0 aliphatic carbocycles. The lowest BCUT2D eigenvalue weighted by molar-refractivity contribution is 0.112. The highest BCUT2D eigenvalue weighted by atomic mass is 79.9. The fraction of sp³-hybridized carbons (Fsp3) is 0.0833. The van der Waals surface area contributed by atoms with Crippen molar-refractivity contribution >= 4 is 34.0 Å². The first-order chi connectivity index (χ1) is 8.29. The third-order valence-electron chi connectivity index (χ3n) is 2.05. The minimum Gasteiger partial charge on any atom is -0.298 e. The Morgan fingerprint density at radius 1 is 1.24 bits per heavy atom. The summed E-state index contributed by atoms with van der Waals surface area (Å²) in [5, 5.41) is 0. The molecular formula is C12H9BrN2OS. The van der Waals surface area contributed by atoms with Gasteiger partial charge in [-0.15, -0.1) is 11.8 Å². The number of halogens is 1. The van der Waals surface area contributed by atoms with E-state index in [1.165, 1.54) is 12.4 Å². The number of aldehydes is 1. The second-order valence-electron chi connectivity index (χ2n) is 3.27. The van der Waals surface area contributed by atoms with Crippen molar-refractivity contribution in [1.29, 1.82) is 0 Å². The van der Waals surface area contributed by atoms with Gasteiger partial charge in [0.15, 0.2) is 6.29 Å². The van der Waals surface area contributed by atoms with Crippen LogP contribution in [0.4, 0.5) is 0 Å². The molecule has 0 unspecified atom stereocenters. The molecule has 0 amide bonds. The third-order valence-corrected chi connectivity index (χ3v) is 4.08. The summed E-state index contributed by atoms with van der Waals surface area (Å²) in [4.78, 5) is 19.8. The van der Waals surface area contributed by atoms with E-state index >= 15 is 0 Å². The quantitative estimate of drug-likeness (QED) is 0.642. The zero-order valence-electron chi connectivity index (χ0n) is 8.84. The van der Waals surface area contributed by atoms with E-state index in [-0.39, 0.29) is 0 Å². The number of nitrogens with zero attached hydrogens (tertiary/aromatic N) is 2. The van der Waals surface area contributed by atoms with E-state index in [2.05, 4.69) is 25.9 Å². The summed E-state index contributed by atoms with van der Waals surface area (Å²) in [5.74, 6) is 1.40. The molecule has 1 aromatic heterocycles. The van der Waals surface area contributed by atoms with Crippen molar-refractivity contribution in [2.75, 3.05) is 0 Å². The van der Waals surface area contributed by atoms with Crippen molar-refractivity contribution < 1.29 is 4.79 Å². The van der Waals surface area contributed by atoms with Gasteiger partial charge in [0.25, 0.3) is 0 Å². The van der Waals surface area contributed by atoms with Crippen LogP contribution in [0.15, 0.2) is 46.0 Å². The van der Waals surface area contributed by atoms with E-state index in [1.807, 2.05) is 24.3 Å². The van der Waals surface area contributed by atoms with Crippen molar-refractivity contribution in [3.63, 3.8) is 0 Å². The van der Waals surface area contributed by atoms with Crippen molar-refractivity contribution in [3.8, 4) is 0 Å². The molecule has 2 aromatic rings. The van der Waals surface area contributed by atoms with Crippen LogP contribution in [0.25, 0.3) is 0 Å². The molecule has 0 N–H and O–H groups in total. The molecule has 17 heavy (non-hydrogen) atoms. The standard InChI is InChI=1S/C12H9BrN2OS/c13-10-3-1-2-4-11(10)17-8-12-14-5-9(7-16)6-15-12/h1-7H,8H2. The average Bonchev–Trinajstić information content (AvgIpc) is 2.38. The summed E-state index contributed by atoms with van der Waals surface area (Å²) >= 11 is 5.14. The maximum absolute atomic E-state index is 10.5. The first kappa shape index (κ1) is 12.3. The molecule has 2 rings (SSSR count). The minimum absolute atomic E-state index is 0.500. The number of carbonyl (C=O) groups is 1. The number of rotatable bonds is 4. The van der Waals surface area contributed by atoms with Gasteiger partial charge >= 0.3 is 0 Å². The van der Waals surface area contributed by atoms with Gasteiger partial charge in [0.2, 0.25) is 0 Å². The Bertz CT molecular complexity index is 516. The van der Waals surface area contributed by atoms with Crippen LogP contribution in [0.3, 0.4) is 0 Å². The second-order valence-corrected chi connectivity index (χ2v) is 5.14. The first-order valence-electron chi connectivity index (χ1n) is 4.93. The number of hydrogen-bond donors (Lipinski definition) is 0. The fourth-order valence-electron chi connectivity index (χ4n) is 1.20. The molecule has 1 aromatic carbocycles. The van der Waals surface area contributed by atoms with Crippen molar-refractivity contribution in [2.45, 2.75) is 10.6 Å². The summed E-state index contributed by atoms with van der Waals surface area (Å²) in [7, 11) is 0. The van der Waals surface area contributed by atoms with Gasteiger partial charge in [-0.3, -0.25) is 4.79 Å². The Hall–Kier alpha value is -1.20. The second kappa shape index (κ2) is 5.93. The third kappa shape index (κ3) is 3.38. The van der Waals surface area contributed by atoms with E-state index in [9.17, 15) is 4.79 Å². The predicted molar refractivity (Wildman–Crippen MR) is 71.1 cm³/mol. The van der Waals surface area contributed by atoms with Gasteiger partial charge in [0.05, 0.1) is 11.3 Å². The maximum atomic E-state index is 10.5. The van der Waals surface area contributed by atoms with E-state index in [0.717, 1.165) is 21.5 Å². The molecule has 0 spiro atoms. The molecule has 5 heteroatoms. The molecule has 0 radical (unpaired) electrons. The molecular weight excluding hydrogens is 300 g/mol. The molecule has 0 atom stereocenters. The summed E-state index contributed by atoms with van der Waals surface area (Å²) in [6.45, 7) is 0. The maximum Gasteiger partial charge on any atom is 0.153 e. The van der Waals surface area contributed by atoms with Crippen LogP contribution < -0.4 is 0 Å². The Morgan fingerprint density at radius 2 is 1.94 bits per heavy atom. The molecule has 1 heterocycles. The van der Waals surface area contributed by atoms with Gasteiger partial charge in [-0.05, 0) is 28.1 Å². The van der Waals surface area contributed by atoms with Crippen LogP contribution in [0.1, 0.15) is 16.2 Å². The highest BCUT2D eigenvalue weighted by Crippen LogP contribution is 2.28. The van der Waals surface area contributed by atoms with Crippen LogP contribution in [0.2, 0.25) is 0 Å². The lowest BCUT2D eigenvalue weighted by Crippen LogP contribution is -1.93. The van der Waals surface area contributed by atoms with Gasteiger partial charge in [-0.2, -0.15) is 0 Å². The lowest BCUT2D eigenvalue weighted by atomic mass is 10.4. The first-order valence-corrected chi connectivity index (χ1v) is 6.71. The van der Waals surface area contributed by atoms with Crippen LogP contribution >= 0.6 is 27.7 Å². The Balaban J connectivity index is 2.02.